The van der Waals surface area contributed by atoms with Gasteiger partial charge in [-0.1, -0.05) is 39.3 Å². The first-order chi connectivity index (χ1) is 12.2. The molecule has 1 aromatic carbocycles. The quantitative estimate of drug-likeness (QED) is 0.705. The average molecular weight is 482 g/mol. The number of amidine groups is 1. The Morgan fingerprint density at radius 1 is 1.35 bits per heavy atom. The summed E-state index contributed by atoms with van der Waals surface area (Å²) >= 11 is 10.9. The fraction of sp³-hybridized carbons (Fsp3) is 0.400. The molecule has 0 radical (unpaired) electrons. The van der Waals surface area contributed by atoms with Crippen LogP contribution in [-0.4, -0.2) is 53.4 Å². The van der Waals surface area contributed by atoms with Crippen LogP contribution in [0.25, 0.3) is 0 Å². The van der Waals surface area contributed by atoms with E-state index < -0.39 is 21.7 Å². The van der Waals surface area contributed by atoms with Crippen molar-refractivity contribution in [3.05, 3.63) is 27.7 Å². The van der Waals surface area contributed by atoms with Crippen LogP contribution >= 0.6 is 39.3 Å². The summed E-state index contributed by atoms with van der Waals surface area (Å²) in [4.78, 5) is 28.4. The van der Waals surface area contributed by atoms with Gasteiger partial charge in [-0.15, -0.1) is 0 Å². The molecule has 11 heteroatoms. The van der Waals surface area contributed by atoms with Gasteiger partial charge in [0.15, 0.2) is 15.0 Å². The van der Waals surface area contributed by atoms with E-state index in [4.69, 9.17) is 16.7 Å². The van der Waals surface area contributed by atoms with Crippen LogP contribution in [0.4, 0.5) is 5.69 Å². The zero-order chi connectivity index (χ0) is 19.1. The molecule has 0 bridgehead atoms. The second-order valence-electron chi connectivity index (χ2n) is 5.95. The summed E-state index contributed by atoms with van der Waals surface area (Å²) in [6, 6.07) is 4.82. The van der Waals surface area contributed by atoms with Crippen molar-refractivity contribution in [2.75, 3.05) is 16.4 Å². The number of amides is 1. The third-order valence-electron chi connectivity index (χ3n) is 4.01. The molecule has 0 aromatic heterocycles. The molecule has 2 saturated heterocycles. The number of halogens is 2. The van der Waals surface area contributed by atoms with E-state index in [9.17, 15) is 18.0 Å². The van der Waals surface area contributed by atoms with Crippen LogP contribution in [0.1, 0.15) is 12.8 Å². The lowest BCUT2D eigenvalue weighted by atomic mass is 10.2. The molecule has 3 rings (SSSR count). The molecule has 0 unspecified atom stereocenters. The number of anilines is 1. The number of rotatable bonds is 4. The molecule has 140 valence electrons. The van der Waals surface area contributed by atoms with Gasteiger partial charge in [0.05, 0.1) is 34.7 Å². The minimum Gasteiger partial charge on any atom is -0.481 e. The van der Waals surface area contributed by atoms with Crippen molar-refractivity contribution >= 4 is 71.9 Å². The van der Waals surface area contributed by atoms with Crippen molar-refractivity contribution in [2.24, 2.45) is 4.99 Å². The second-order valence-corrected chi connectivity index (χ2v) is 10.6. The molecule has 7 nitrogen and oxygen atoms in total. The largest absolute Gasteiger partial charge is 0.481 e. The number of fused-ring (bicyclic) bond motifs is 1. The first kappa shape index (κ1) is 19.7. The van der Waals surface area contributed by atoms with Crippen LogP contribution in [-0.2, 0) is 19.4 Å². The van der Waals surface area contributed by atoms with Gasteiger partial charge in [-0.3, -0.25) is 9.59 Å². The van der Waals surface area contributed by atoms with Crippen LogP contribution in [0.2, 0.25) is 5.02 Å². The predicted molar refractivity (Wildman–Crippen MR) is 105 cm³/mol. The summed E-state index contributed by atoms with van der Waals surface area (Å²) in [7, 11) is -3.17. The number of carboxylic acid groups (broad SMARTS) is 1. The van der Waals surface area contributed by atoms with Gasteiger partial charge in [0.25, 0.3) is 0 Å². The summed E-state index contributed by atoms with van der Waals surface area (Å²) in [5.74, 6) is -1.67. The molecular formula is C15H14BrClN2O5S2. The topological polar surface area (TPSA) is 104 Å². The molecule has 1 aromatic rings. The van der Waals surface area contributed by atoms with E-state index >= 15 is 0 Å². The maximum absolute atomic E-state index is 12.0. The van der Waals surface area contributed by atoms with Gasteiger partial charge in [-0.25, -0.2) is 8.42 Å². The molecule has 0 spiro atoms. The number of benzene rings is 1. The van der Waals surface area contributed by atoms with Crippen LogP contribution in [0.5, 0.6) is 0 Å². The fourth-order valence-corrected chi connectivity index (χ4v) is 7.59. The zero-order valence-electron chi connectivity index (χ0n) is 13.3. The number of thioether (sulfide) groups is 1. The monoisotopic (exact) mass is 480 g/mol. The van der Waals surface area contributed by atoms with E-state index in [0.717, 1.165) is 4.47 Å². The summed E-state index contributed by atoms with van der Waals surface area (Å²) in [6.07, 6.45) is -0.518. The zero-order valence-corrected chi connectivity index (χ0v) is 17.2. The summed E-state index contributed by atoms with van der Waals surface area (Å²) in [5, 5.41) is 9.21. The average Bonchev–Trinajstić information content (AvgIpc) is 2.97. The number of hydrogen-bond donors (Lipinski definition) is 1. The normalized spacial score (nSPS) is 25.5. The number of sulfone groups is 1. The Morgan fingerprint density at radius 2 is 2.08 bits per heavy atom. The van der Waals surface area contributed by atoms with Gasteiger partial charge in [0, 0.05) is 16.1 Å². The molecule has 1 amide bonds. The number of carboxylic acids is 1. The summed E-state index contributed by atoms with van der Waals surface area (Å²) in [6.45, 7) is 0. The van der Waals surface area contributed by atoms with Crippen LogP contribution in [0, 0.1) is 0 Å². The van der Waals surface area contributed by atoms with E-state index in [-0.39, 0.29) is 35.6 Å². The van der Waals surface area contributed by atoms with Gasteiger partial charge < -0.3 is 10.0 Å². The maximum atomic E-state index is 12.0. The highest BCUT2D eigenvalue weighted by molar-refractivity contribution is 9.10. The third kappa shape index (κ3) is 4.24. The number of nitrogens with zero attached hydrogens (tertiary/aromatic N) is 2. The Labute approximate surface area is 167 Å². The minimum atomic E-state index is -3.17. The van der Waals surface area contributed by atoms with Gasteiger partial charge in [0.1, 0.15) is 0 Å². The Kier molecular flexibility index (Phi) is 5.66. The molecule has 26 heavy (non-hydrogen) atoms. The molecule has 0 saturated carbocycles. The molecule has 2 heterocycles. The SMILES string of the molecule is O=C(O)CCC(=O)N=C1S[C@H]2CS(=O)(=O)C[C@H]2N1c1ccc(Br)cc1Cl. The fourth-order valence-electron chi connectivity index (χ4n) is 2.90. The lowest BCUT2D eigenvalue weighted by molar-refractivity contribution is -0.138. The van der Waals surface area contributed by atoms with Crippen molar-refractivity contribution in [3.8, 4) is 0 Å². The van der Waals surface area contributed by atoms with Crippen molar-refractivity contribution < 1.29 is 23.1 Å². The number of carbonyl (C=O) groups is 2. The summed E-state index contributed by atoms with van der Waals surface area (Å²) < 4.78 is 24.8. The van der Waals surface area contributed by atoms with Crippen molar-refractivity contribution in [2.45, 2.75) is 24.1 Å². The number of carbonyl (C=O) groups excluding carboxylic acids is 1. The van der Waals surface area contributed by atoms with Gasteiger partial charge in [-0.2, -0.15) is 4.99 Å². The Balaban J connectivity index is 1.96. The van der Waals surface area contributed by atoms with Crippen LogP contribution in [0.3, 0.4) is 0 Å². The number of hydrogen-bond acceptors (Lipinski definition) is 5. The Hall–Kier alpha value is -1.10. The van der Waals surface area contributed by atoms with Crippen molar-refractivity contribution in [3.63, 3.8) is 0 Å². The van der Waals surface area contributed by atoms with E-state index in [2.05, 4.69) is 20.9 Å². The molecule has 2 fully saturated rings. The Morgan fingerprint density at radius 3 is 2.73 bits per heavy atom. The first-order valence-corrected chi connectivity index (χ1v) is 11.5. The molecule has 2 atom stereocenters. The first-order valence-electron chi connectivity index (χ1n) is 7.61. The van der Waals surface area contributed by atoms with Gasteiger partial charge in [0.2, 0.25) is 5.91 Å². The summed E-state index contributed by atoms with van der Waals surface area (Å²) in [5.41, 5.74) is 0.566. The van der Waals surface area contributed by atoms with Gasteiger partial charge in [-0.05, 0) is 18.2 Å². The Bertz CT molecular complexity index is 905. The molecule has 2 aliphatic heterocycles. The highest BCUT2D eigenvalue weighted by atomic mass is 79.9. The predicted octanol–water partition coefficient (Wildman–Crippen LogP) is 2.57. The third-order valence-corrected chi connectivity index (χ3v) is 8.01. The van der Waals surface area contributed by atoms with Gasteiger partial charge >= 0.3 is 5.97 Å². The van der Waals surface area contributed by atoms with E-state index in [1.54, 1.807) is 23.1 Å². The van der Waals surface area contributed by atoms with E-state index in [1.807, 2.05) is 0 Å². The molecule has 2 aliphatic rings. The lowest BCUT2D eigenvalue weighted by Gasteiger charge is -2.25. The molecular weight excluding hydrogens is 468 g/mol. The minimum absolute atomic E-state index is 0.00924. The van der Waals surface area contributed by atoms with E-state index in [0.29, 0.717) is 15.9 Å². The van der Waals surface area contributed by atoms with Crippen molar-refractivity contribution in [1.29, 1.82) is 0 Å². The standard InChI is InChI=1S/C15H14BrClN2O5S2/c16-8-1-2-10(9(17)5-8)19-11-6-26(23,24)7-12(11)25-15(19)18-13(20)3-4-14(21)22/h1-2,5,11-12H,3-4,6-7H2,(H,21,22)/t11-,12+/m1/s1. The molecule has 1 N–H and O–H groups in total. The maximum Gasteiger partial charge on any atom is 0.303 e. The number of aliphatic imine (C=N–C) groups is 1. The lowest BCUT2D eigenvalue weighted by Crippen LogP contribution is -2.38. The highest BCUT2D eigenvalue weighted by Crippen LogP contribution is 2.43. The van der Waals surface area contributed by atoms with Crippen molar-refractivity contribution in [1.82, 2.24) is 0 Å². The van der Waals surface area contributed by atoms with Crippen LogP contribution < -0.4 is 4.90 Å². The molecule has 0 aliphatic carbocycles. The highest BCUT2D eigenvalue weighted by Gasteiger charge is 2.49. The smallest absolute Gasteiger partial charge is 0.303 e. The number of aliphatic carboxylic acids is 1. The van der Waals surface area contributed by atoms with Crippen LogP contribution in [0.15, 0.2) is 27.7 Å². The second kappa shape index (κ2) is 7.49. The van der Waals surface area contributed by atoms with E-state index in [1.165, 1.54) is 11.8 Å².